The van der Waals surface area contributed by atoms with E-state index in [0.29, 0.717) is 12.8 Å². The lowest BCUT2D eigenvalue weighted by molar-refractivity contribution is -0.107. The quantitative estimate of drug-likeness (QED) is 0.412. The average molecular weight is 188 g/mol. The van der Waals surface area contributed by atoms with E-state index in [9.17, 15) is 4.79 Å². The zero-order valence-corrected chi connectivity index (χ0v) is 8.12. The summed E-state index contributed by atoms with van der Waals surface area (Å²) >= 11 is 0. The van der Waals surface area contributed by atoms with Crippen molar-refractivity contribution in [2.24, 2.45) is 0 Å². The highest BCUT2D eigenvalue weighted by molar-refractivity contribution is 5.50. The number of carbonyl (C=O) groups excluding carboxylic acids is 1. The van der Waals surface area contributed by atoms with Crippen LogP contribution < -0.4 is 4.74 Å². The molecular formula is C12H12O2. The summed E-state index contributed by atoms with van der Waals surface area (Å²) < 4.78 is 5.02. The van der Waals surface area contributed by atoms with Gasteiger partial charge in [0.05, 0.1) is 7.11 Å². The van der Waals surface area contributed by atoms with Crippen molar-refractivity contribution in [3.8, 4) is 17.6 Å². The van der Waals surface area contributed by atoms with Crippen LogP contribution >= 0.6 is 0 Å². The molecule has 0 saturated heterocycles. The van der Waals surface area contributed by atoms with E-state index in [1.54, 1.807) is 7.11 Å². The van der Waals surface area contributed by atoms with Crippen LogP contribution in [0.25, 0.3) is 0 Å². The molecule has 72 valence electrons. The van der Waals surface area contributed by atoms with Gasteiger partial charge in [-0.15, -0.1) is 0 Å². The van der Waals surface area contributed by atoms with Gasteiger partial charge in [-0.1, -0.05) is 11.8 Å². The van der Waals surface area contributed by atoms with Crippen molar-refractivity contribution in [1.82, 2.24) is 0 Å². The number of hydrogen-bond acceptors (Lipinski definition) is 2. The van der Waals surface area contributed by atoms with Gasteiger partial charge in [0.1, 0.15) is 12.0 Å². The molecule has 0 saturated carbocycles. The Morgan fingerprint density at radius 2 is 2.07 bits per heavy atom. The summed E-state index contributed by atoms with van der Waals surface area (Å²) in [5.74, 6) is 6.71. The third-order valence-electron chi connectivity index (χ3n) is 1.71. The minimum Gasteiger partial charge on any atom is -0.497 e. The normalized spacial score (nSPS) is 8.64. The lowest BCUT2D eigenvalue weighted by Crippen LogP contribution is -1.81. The van der Waals surface area contributed by atoms with E-state index < -0.39 is 0 Å². The van der Waals surface area contributed by atoms with Crippen LogP contribution in [-0.2, 0) is 4.79 Å². The van der Waals surface area contributed by atoms with Gasteiger partial charge in [-0.05, 0) is 24.3 Å². The van der Waals surface area contributed by atoms with Crippen molar-refractivity contribution >= 4 is 6.29 Å². The van der Waals surface area contributed by atoms with Crippen LogP contribution in [-0.4, -0.2) is 13.4 Å². The molecule has 2 nitrogen and oxygen atoms in total. The van der Waals surface area contributed by atoms with Gasteiger partial charge in [0.25, 0.3) is 0 Å². The fraction of sp³-hybridized carbons (Fsp3) is 0.250. The number of methoxy groups -OCH3 is 1. The molecule has 0 aliphatic carbocycles. The molecule has 14 heavy (non-hydrogen) atoms. The van der Waals surface area contributed by atoms with E-state index in [1.807, 2.05) is 24.3 Å². The fourth-order valence-electron chi connectivity index (χ4n) is 0.970. The molecule has 0 heterocycles. The molecule has 1 aromatic carbocycles. The first-order valence-corrected chi connectivity index (χ1v) is 4.43. The van der Waals surface area contributed by atoms with Crippen LogP contribution in [0.2, 0.25) is 0 Å². The Balaban J connectivity index is 2.57. The molecule has 2 heteroatoms. The van der Waals surface area contributed by atoms with Crippen molar-refractivity contribution in [3.63, 3.8) is 0 Å². The molecule has 0 atom stereocenters. The van der Waals surface area contributed by atoms with Gasteiger partial charge in [0.2, 0.25) is 0 Å². The van der Waals surface area contributed by atoms with Crippen molar-refractivity contribution in [3.05, 3.63) is 29.8 Å². The van der Waals surface area contributed by atoms with Gasteiger partial charge in [-0.2, -0.15) is 0 Å². The minimum absolute atomic E-state index is 0.503. The van der Waals surface area contributed by atoms with E-state index in [1.165, 1.54) is 0 Å². The molecule has 0 unspecified atom stereocenters. The maximum atomic E-state index is 10.0. The standard InChI is InChI=1S/C12H12O2/c1-14-12-8-6-11(7-9-12)5-3-2-4-10-13/h6-10H,2,4H2,1H3. The van der Waals surface area contributed by atoms with Crippen LogP contribution in [0.3, 0.4) is 0 Å². The minimum atomic E-state index is 0.503. The molecule has 0 aromatic heterocycles. The molecule has 0 bridgehead atoms. The van der Waals surface area contributed by atoms with Gasteiger partial charge in [-0.25, -0.2) is 0 Å². The van der Waals surface area contributed by atoms with Crippen LogP contribution in [0.15, 0.2) is 24.3 Å². The lowest BCUT2D eigenvalue weighted by Gasteiger charge is -1.97. The topological polar surface area (TPSA) is 26.3 Å². The predicted molar refractivity (Wildman–Crippen MR) is 55.2 cm³/mol. The Kier molecular flexibility index (Phi) is 4.30. The van der Waals surface area contributed by atoms with Gasteiger partial charge in [0, 0.05) is 18.4 Å². The highest BCUT2D eigenvalue weighted by Gasteiger charge is 1.89. The summed E-state index contributed by atoms with van der Waals surface area (Å²) in [7, 11) is 1.63. The number of unbranched alkanes of at least 4 members (excludes halogenated alkanes) is 1. The average Bonchev–Trinajstić information content (AvgIpc) is 2.25. The summed E-state index contributed by atoms with van der Waals surface area (Å²) in [6.45, 7) is 0. The number of aldehydes is 1. The first kappa shape index (κ1) is 10.3. The van der Waals surface area contributed by atoms with Gasteiger partial charge >= 0.3 is 0 Å². The van der Waals surface area contributed by atoms with Crippen LogP contribution in [0.5, 0.6) is 5.75 Å². The van der Waals surface area contributed by atoms with Crippen LogP contribution in [0.1, 0.15) is 18.4 Å². The van der Waals surface area contributed by atoms with E-state index in [2.05, 4.69) is 11.8 Å². The number of ether oxygens (including phenoxy) is 1. The first-order chi connectivity index (χ1) is 6.86. The largest absolute Gasteiger partial charge is 0.497 e. The second kappa shape index (κ2) is 5.82. The summed E-state index contributed by atoms with van der Waals surface area (Å²) in [6.07, 6.45) is 2.00. The van der Waals surface area contributed by atoms with E-state index in [0.717, 1.165) is 17.6 Å². The van der Waals surface area contributed by atoms with E-state index in [-0.39, 0.29) is 0 Å². The van der Waals surface area contributed by atoms with Gasteiger partial charge in [0.15, 0.2) is 0 Å². The third kappa shape index (κ3) is 3.32. The highest BCUT2D eigenvalue weighted by atomic mass is 16.5. The smallest absolute Gasteiger partial charge is 0.120 e. The molecule has 0 aliphatic heterocycles. The Morgan fingerprint density at radius 1 is 1.36 bits per heavy atom. The van der Waals surface area contributed by atoms with E-state index >= 15 is 0 Å². The summed E-state index contributed by atoms with van der Waals surface area (Å²) in [6, 6.07) is 7.52. The Morgan fingerprint density at radius 3 is 2.64 bits per heavy atom. The molecule has 0 radical (unpaired) electrons. The molecule has 1 rings (SSSR count). The predicted octanol–water partition coefficient (Wildman–Crippen LogP) is 2.03. The monoisotopic (exact) mass is 188 g/mol. The van der Waals surface area contributed by atoms with Crippen molar-refractivity contribution in [2.75, 3.05) is 7.11 Å². The van der Waals surface area contributed by atoms with Gasteiger partial charge in [-0.3, -0.25) is 0 Å². The molecule has 0 N–H and O–H groups in total. The Bertz CT molecular complexity index is 341. The summed E-state index contributed by atoms with van der Waals surface area (Å²) in [5.41, 5.74) is 0.941. The SMILES string of the molecule is COc1ccc(C#CCCC=O)cc1. The summed E-state index contributed by atoms with van der Waals surface area (Å²) in [5, 5.41) is 0. The van der Waals surface area contributed by atoms with Crippen LogP contribution in [0.4, 0.5) is 0 Å². The number of hydrogen-bond donors (Lipinski definition) is 0. The highest BCUT2D eigenvalue weighted by Crippen LogP contribution is 2.10. The van der Waals surface area contributed by atoms with Crippen molar-refractivity contribution in [2.45, 2.75) is 12.8 Å². The zero-order chi connectivity index (χ0) is 10.2. The second-order valence-electron chi connectivity index (χ2n) is 2.74. The number of benzene rings is 1. The molecular weight excluding hydrogens is 176 g/mol. The number of rotatable bonds is 3. The molecule has 1 aromatic rings. The summed E-state index contributed by atoms with van der Waals surface area (Å²) in [4.78, 5) is 10.0. The maximum Gasteiger partial charge on any atom is 0.120 e. The molecule has 0 aliphatic rings. The Labute approximate surface area is 83.9 Å². The lowest BCUT2D eigenvalue weighted by atomic mass is 10.2. The maximum absolute atomic E-state index is 10.0. The van der Waals surface area contributed by atoms with Gasteiger partial charge < -0.3 is 9.53 Å². The van der Waals surface area contributed by atoms with Crippen LogP contribution in [0, 0.1) is 11.8 Å². The molecule has 0 fully saturated rings. The van der Waals surface area contributed by atoms with Crippen molar-refractivity contribution in [1.29, 1.82) is 0 Å². The molecule has 0 spiro atoms. The van der Waals surface area contributed by atoms with Crippen molar-refractivity contribution < 1.29 is 9.53 Å². The molecule has 0 amide bonds. The Hall–Kier alpha value is -1.75. The van der Waals surface area contributed by atoms with E-state index in [4.69, 9.17) is 4.74 Å². The second-order valence-corrected chi connectivity index (χ2v) is 2.74. The third-order valence-corrected chi connectivity index (χ3v) is 1.71. The number of carbonyl (C=O) groups is 1. The fourth-order valence-corrected chi connectivity index (χ4v) is 0.970. The zero-order valence-electron chi connectivity index (χ0n) is 8.12. The first-order valence-electron chi connectivity index (χ1n) is 4.43.